The monoisotopic (exact) mass is 339 g/mol. The fourth-order valence-electron chi connectivity index (χ4n) is 1.67. The van der Waals surface area contributed by atoms with Gasteiger partial charge in [0.1, 0.15) is 10.7 Å². The molecule has 2 aromatic heterocycles. The van der Waals surface area contributed by atoms with Crippen LogP contribution in [0.2, 0.25) is 5.02 Å². The van der Waals surface area contributed by atoms with Crippen LogP contribution in [0, 0.1) is 13.8 Å². The van der Waals surface area contributed by atoms with Gasteiger partial charge < -0.3 is 10.1 Å². The lowest BCUT2D eigenvalue weighted by atomic mass is 10.3. The van der Waals surface area contributed by atoms with Gasteiger partial charge in [-0.2, -0.15) is 0 Å². The lowest BCUT2D eigenvalue weighted by Gasteiger charge is -2.12. The number of nitrogens with one attached hydrogen (secondary N) is 1. The number of anilines is 1. The van der Waals surface area contributed by atoms with Gasteiger partial charge in [-0.05, 0) is 32.9 Å². The lowest BCUT2D eigenvalue weighted by Crippen LogP contribution is -2.30. The van der Waals surface area contributed by atoms with E-state index in [0.717, 1.165) is 5.01 Å². The third-order valence-electron chi connectivity index (χ3n) is 2.72. The van der Waals surface area contributed by atoms with E-state index in [9.17, 15) is 9.59 Å². The van der Waals surface area contributed by atoms with Crippen molar-refractivity contribution in [3.63, 3.8) is 0 Å². The Labute approximate surface area is 136 Å². The number of pyridine rings is 1. The number of thiazole rings is 1. The Morgan fingerprint density at radius 2 is 2.09 bits per heavy atom. The number of nitrogens with zero attached hydrogens (tertiary/aromatic N) is 2. The second-order valence-electron chi connectivity index (χ2n) is 4.55. The molecule has 1 N–H and O–H groups in total. The maximum Gasteiger partial charge on any atom is 0.351 e. The first-order valence-corrected chi connectivity index (χ1v) is 7.63. The molecule has 2 aromatic rings. The summed E-state index contributed by atoms with van der Waals surface area (Å²) in [5.74, 6) is -0.695. The second-order valence-corrected chi connectivity index (χ2v) is 6.19. The minimum Gasteiger partial charge on any atom is -0.448 e. The maximum absolute atomic E-state index is 12.0. The zero-order valence-electron chi connectivity index (χ0n) is 12.2. The number of halogens is 1. The van der Waals surface area contributed by atoms with Crippen molar-refractivity contribution in [2.45, 2.75) is 26.9 Å². The number of hydrogen-bond donors (Lipinski definition) is 1. The summed E-state index contributed by atoms with van der Waals surface area (Å²) < 4.78 is 5.15. The van der Waals surface area contributed by atoms with E-state index in [0.29, 0.717) is 21.4 Å². The molecule has 0 spiro atoms. The fraction of sp³-hybridized carbons (Fsp3) is 0.286. The molecule has 0 fully saturated rings. The molecule has 1 atom stereocenters. The third-order valence-corrected chi connectivity index (χ3v) is 4.00. The SMILES string of the molecule is Cc1nc(C)c(C(=O)O[C@H](C)C(=O)Nc2ccc(Cl)cn2)s1. The van der Waals surface area contributed by atoms with Gasteiger partial charge in [-0.25, -0.2) is 14.8 Å². The van der Waals surface area contributed by atoms with E-state index in [1.54, 1.807) is 26.0 Å². The number of rotatable bonds is 4. The van der Waals surface area contributed by atoms with Gasteiger partial charge in [0.2, 0.25) is 0 Å². The van der Waals surface area contributed by atoms with Gasteiger partial charge >= 0.3 is 5.97 Å². The molecule has 0 aromatic carbocycles. The van der Waals surface area contributed by atoms with Crippen molar-refractivity contribution < 1.29 is 14.3 Å². The van der Waals surface area contributed by atoms with Crippen LogP contribution in [0.3, 0.4) is 0 Å². The van der Waals surface area contributed by atoms with E-state index in [4.69, 9.17) is 16.3 Å². The van der Waals surface area contributed by atoms with Crippen LogP contribution in [-0.4, -0.2) is 27.9 Å². The normalized spacial score (nSPS) is 11.8. The van der Waals surface area contributed by atoms with Crippen molar-refractivity contribution in [1.82, 2.24) is 9.97 Å². The predicted octanol–water partition coefficient (Wildman–Crippen LogP) is 2.99. The summed E-state index contributed by atoms with van der Waals surface area (Å²) in [5.41, 5.74) is 0.597. The lowest BCUT2D eigenvalue weighted by molar-refractivity contribution is -0.123. The van der Waals surface area contributed by atoms with Crippen LogP contribution in [0.15, 0.2) is 18.3 Å². The molecule has 0 saturated heterocycles. The molecular weight excluding hydrogens is 326 g/mol. The van der Waals surface area contributed by atoms with E-state index >= 15 is 0 Å². The maximum atomic E-state index is 12.0. The highest BCUT2D eigenvalue weighted by Crippen LogP contribution is 2.19. The van der Waals surface area contributed by atoms with Crippen molar-refractivity contribution in [3.8, 4) is 0 Å². The topological polar surface area (TPSA) is 81.2 Å². The number of carbonyl (C=O) groups excluding carboxylic acids is 2. The molecule has 0 aliphatic carbocycles. The van der Waals surface area contributed by atoms with Gasteiger partial charge in [0.05, 0.1) is 15.7 Å². The molecule has 0 radical (unpaired) electrons. The quantitative estimate of drug-likeness (QED) is 0.866. The Hall–Kier alpha value is -1.99. The number of aromatic nitrogens is 2. The van der Waals surface area contributed by atoms with E-state index < -0.39 is 18.0 Å². The molecule has 2 heterocycles. The average Bonchev–Trinajstić information content (AvgIpc) is 2.80. The zero-order chi connectivity index (χ0) is 16.3. The van der Waals surface area contributed by atoms with Crippen LogP contribution in [0.5, 0.6) is 0 Å². The molecule has 116 valence electrons. The second kappa shape index (κ2) is 6.85. The highest BCUT2D eigenvalue weighted by Gasteiger charge is 2.22. The Balaban J connectivity index is 1.97. The Bertz CT molecular complexity index is 700. The van der Waals surface area contributed by atoms with Crippen molar-refractivity contribution >= 4 is 40.6 Å². The van der Waals surface area contributed by atoms with Crippen molar-refractivity contribution in [2.75, 3.05) is 5.32 Å². The summed E-state index contributed by atoms with van der Waals surface area (Å²) in [7, 11) is 0. The largest absolute Gasteiger partial charge is 0.448 e. The van der Waals surface area contributed by atoms with Crippen LogP contribution < -0.4 is 5.32 Å². The van der Waals surface area contributed by atoms with E-state index in [-0.39, 0.29) is 0 Å². The smallest absolute Gasteiger partial charge is 0.351 e. The molecule has 6 nitrogen and oxygen atoms in total. The highest BCUT2D eigenvalue weighted by atomic mass is 35.5. The molecule has 0 unspecified atom stereocenters. The van der Waals surface area contributed by atoms with Crippen LogP contribution >= 0.6 is 22.9 Å². The number of ether oxygens (including phenoxy) is 1. The number of aryl methyl sites for hydroxylation is 2. The summed E-state index contributed by atoms with van der Waals surface area (Å²) in [6.07, 6.45) is 0.462. The first-order valence-electron chi connectivity index (χ1n) is 6.44. The first-order chi connectivity index (χ1) is 10.4. The molecule has 0 aliphatic heterocycles. The van der Waals surface area contributed by atoms with Crippen LogP contribution in [0.4, 0.5) is 5.82 Å². The summed E-state index contributed by atoms with van der Waals surface area (Å²) in [5, 5.41) is 3.78. The van der Waals surface area contributed by atoms with Gasteiger partial charge in [-0.15, -0.1) is 11.3 Å². The molecule has 22 heavy (non-hydrogen) atoms. The molecule has 0 bridgehead atoms. The molecule has 8 heteroatoms. The number of amides is 1. The van der Waals surface area contributed by atoms with Gasteiger partial charge in [-0.3, -0.25) is 4.79 Å². The zero-order valence-corrected chi connectivity index (χ0v) is 13.8. The minimum atomic E-state index is -0.952. The predicted molar refractivity (Wildman–Crippen MR) is 84.3 cm³/mol. The molecule has 0 aliphatic rings. The number of carbonyl (C=O) groups is 2. The van der Waals surface area contributed by atoms with Crippen molar-refractivity contribution in [2.24, 2.45) is 0 Å². The highest BCUT2D eigenvalue weighted by molar-refractivity contribution is 7.13. The van der Waals surface area contributed by atoms with Gasteiger partial charge in [0.25, 0.3) is 5.91 Å². The van der Waals surface area contributed by atoms with Gasteiger partial charge in [-0.1, -0.05) is 11.6 Å². The van der Waals surface area contributed by atoms with Gasteiger partial charge in [0.15, 0.2) is 6.10 Å². The Morgan fingerprint density at radius 3 is 2.64 bits per heavy atom. The minimum absolute atomic E-state index is 0.335. The number of esters is 1. The standard InChI is InChI=1S/C14H14ClN3O3S/c1-7-12(22-9(3)17-7)14(20)21-8(2)13(19)18-11-5-4-10(15)6-16-11/h4-6,8H,1-3H3,(H,16,18,19)/t8-/m1/s1. The number of hydrogen-bond acceptors (Lipinski definition) is 6. The van der Waals surface area contributed by atoms with Crippen LogP contribution in [0.1, 0.15) is 27.3 Å². The first kappa shape index (κ1) is 16.4. The average molecular weight is 340 g/mol. The molecule has 1 amide bonds. The van der Waals surface area contributed by atoms with E-state index in [2.05, 4.69) is 15.3 Å². The van der Waals surface area contributed by atoms with Crippen LogP contribution in [-0.2, 0) is 9.53 Å². The van der Waals surface area contributed by atoms with E-state index in [1.165, 1.54) is 24.5 Å². The summed E-state index contributed by atoms with van der Waals surface area (Å²) >= 11 is 6.95. The summed E-state index contributed by atoms with van der Waals surface area (Å²) in [6.45, 7) is 5.02. The molecule has 0 saturated carbocycles. The Morgan fingerprint density at radius 1 is 1.36 bits per heavy atom. The third kappa shape index (κ3) is 4.02. The van der Waals surface area contributed by atoms with E-state index in [1.807, 2.05) is 0 Å². The van der Waals surface area contributed by atoms with Crippen molar-refractivity contribution in [1.29, 1.82) is 0 Å². The molecular formula is C14H14ClN3O3S. The fourth-order valence-corrected chi connectivity index (χ4v) is 2.58. The summed E-state index contributed by atoms with van der Waals surface area (Å²) in [6, 6.07) is 3.16. The van der Waals surface area contributed by atoms with Crippen molar-refractivity contribution in [3.05, 3.63) is 38.9 Å². The summed E-state index contributed by atoms with van der Waals surface area (Å²) in [4.78, 5) is 32.5. The van der Waals surface area contributed by atoms with Gasteiger partial charge in [0, 0.05) is 6.20 Å². The molecule has 2 rings (SSSR count). The van der Waals surface area contributed by atoms with Crippen LogP contribution in [0.25, 0.3) is 0 Å². The Kier molecular flexibility index (Phi) is 5.10.